The van der Waals surface area contributed by atoms with Crippen molar-refractivity contribution in [3.8, 4) is 5.75 Å². The number of fused-ring (bicyclic) bond motifs is 1. The van der Waals surface area contributed by atoms with Gasteiger partial charge in [-0.25, -0.2) is 0 Å². The third-order valence-corrected chi connectivity index (χ3v) is 6.31. The number of aryl methyl sites for hydroxylation is 1. The summed E-state index contributed by atoms with van der Waals surface area (Å²) in [4.78, 5) is 53.3. The SMILES string of the molecule is CCOc1ccc([C@@H]2[C@@H](N3C(=O)c4cccc([N+](=O)[O-])c4C3=O)C(=O)N2c2ccc(C)cc2)cc1. The lowest BCUT2D eigenvalue weighted by molar-refractivity contribution is -0.385. The van der Waals surface area contributed by atoms with Crippen molar-refractivity contribution < 1.29 is 24.0 Å². The van der Waals surface area contributed by atoms with E-state index in [9.17, 15) is 24.5 Å². The van der Waals surface area contributed by atoms with E-state index in [-0.39, 0.29) is 11.1 Å². The Bertz CT molecular complexity index is 1370. The molecule has 176 valence electrons. The largest absolute Gasteiger partial charge is 0.494 e. The molecule has 0 unspecified atom stereocenters. The number of β-lactam (4-membered cyclic amide) rings is 1. The van der Waals surface area contributed by atoms with E-state index in [2.05, 4.69) is 0 Å². The molecule has 5 rings (SSSR count). The summed E-state index contributed by atoms with van der Waals surface area (Å²) in [5.74, 6) is -1.34. The van der Waals surface area contributed by atoms with Crippen molar-refractivity contribution in [2.45, 2.75) is 25.9 Å². The molecule has 9 heteroatoms. The second-order valence-corrected chi connectivity index (χ2v) is 8.37. The topological polar surface area (TPSA) is 110 Å². The molecule has 0 aromatic heterocycles. The Labute approximate surface area is 200 Å². The summed E-state index contributed by atoms with van der Waals surface area (Å²) in [6.07, 6.45) is 0. The zero-order valence-corrected chi connectivity index (χ0v) is 19.0. The first-order valence-corrected chi connectivity index (χ1v) is 11.1. The van der Waals surface area contributed by atoms with E-state index in [0.29, 0.717) is 23.6 Å². The summed E-state index contributed by atoms with van der Waals surface area (Å²) in [5, 5.41) is 11.5. The molecule has 3 aromatic carbocycles. The van der Waals surface area contributed by atoms with Crippen molar-refractivity contribution >= 4 is 29.1 Å². The van der Waals surface area contributed by atoms with Crippen LogP contribution in [-0.4, -0.2) is 40.2 Å². The third kappa shape index (κ3) is 3.43. The molecule has 9 nitrogen and oxygen atoms in total. The molecule has 2 aliphatic rings. The molecule has 2 aliphatic heterocycles. The lowest BCUT2D eigenvalue weighted by atomic mass is 9.86. The normalized spacial score (nSPS) is 19.0. The molecule has 2 heterocycles. The Morgan fingerprint density at radius 1 is 0.886 bits per heavy atom. The van der Waals surface area contributed by atoms with Crippen molar-refractivity contribution in [1.82, 2.24) is 4.90 Å². The molecule has 0 aliphatic carbocycles. The van der Waals surface area contributed by atoms with Crippen LogP contribution in [0.4, 0.5) is 11.4 Å². The number of carbonyl (C=O) groups is 3. The van der Waals surface area contributed by atoms with Crippen LogP contribution in [0.2, 0.25) is 0 Å². The summed E-state index contributed by atoms with van der Waals surface area (Å²) >= 11 is 0. The van der Waals surface area contributed by atoms with Crippen LogP contribution in [0.3, 0.4) is 0 Å². The predicted molar refractivity (Wildman–Crippen MR) is 126 cm³/mol. The maximum atomic E-state index is 13.5. The Balaban J connectivity index is 1.58. The molecule has 35 heavy (non-hydrogen) atoms. The van der Waals surface area contributed by atoms with Crippen molar-refractivity contribution in [3.63, 3.8) is 0 Å². The van der Waals surface area contributed by atoms with Crippen molar-refractivity contribution in [2.75, 3.05) is 11.5 Å². The molecule has 0 spiro atoms. The molecule has 0 bridgehead atoms. The van der Waals surface area contributed by atoms with Crippen LogP contribution in [-0.2, 0) is 4.79 Å². The number of hydrogen-bond donors (Lipinski definition) is 0. The second-order valence-electron chi connectivity index (χ2n) is 8.37. The third-order valence-electron chi connectivity index (χ3n) is 6.31. The first-order chi connectivity index (χ1) is 16.8. The number of hydrogen-bond acceptors (Lipinski definition) is 6. The number of carbonyl (C=O) groups excluding carboxylic acids is 3. The number of amides is 3. The molecule has 3 amide bonds. The number of nitro benzene ring substituents is 1. The van der Waals surface area contributed by atoms with E-state index in [1.54, 1.807) is 36.4 Å². The van der Waals surface area contributed by atoms with Gasteiger partial charge in [-0.2, -0.15) is 0 Å². The zero-order valence-electron chi connectivity index (χ0n) is 19.0. The number of benzene rings is 3. The molecule has 1 fully saturated rings. The average molecular weight is 471 g/mol. The number of imide groups is 1. The highest BCUT2D eigenvalue weighted by molar-refractivity contribution is 6.26. The molecular formula is C26H21N3O6. The number of nitro groups is 1. The second kappa shape index (κ2) is 8.35. The van der Waals surface area contributed by atoms with Gasteiger partial charge in [0, 0.05) is 11.8 Å². The Kier molecular flexibility index (Phi) is 5.32. The smallest absolute Gasteiger partial charge is 0.282 e. The minimum atomic E-state index is -1.14. The Hall–Kier alpha value is -4.53. The molecule has 0 N–H and O–H groups in total. The predicted octanol–water partition coefficient (Wildman–Crippen LogP) is 4.05. The van der Waals surface area contributed by atoms with Crippen LogP contribution >= 0.6 is 0 Å². The van der Waals surface area contributed by atoms with E-state index in [0.717, 1.165) is 10.5 Å². The lowest BCUT2D eigenvalue weighted by Gasteiger charge is -2.49. The molecule has 3 aromatic rings. The van der Waals surface area contributed by atoms with Crippen LogP contribution in [0.15, 0.2) is 66.7 Å². The molecule has 0 radical (unpaired) electrons. The van der Waals surface area contributed by atoms with E-state index in [1.807, 2.05) is 26.0 Å². The highest BCUT2D eigenvalue weighted by Crippen LogP contribution is 2.45. The fraction of sp³-hybridized carbons (Fsp3) is 0.192. The fourth-order valence-electron chi connectivity index (χ4n) is 4.67. The summed E-state index contributed by atoms with van der Waals surface area (Å²) < 4.78 is 5.51. The fourth-order valence-corrected chi connectivity index (χ4v) is 4.67. The van der Waals surface area contributed by atoms with E-state index in [1.165, 1.54) is 23.1 Å². The summed E-state index contributed by atoms with van der Waals surface area (Å²) in [5.41, 5.74) is 1.53. The zero-order chi connectivity index (χ0) is 24.9. The minimum absolute atomic E-state index is 0.0729. The number of rotatable bonds is 6. The van der Waals surface area contributed by atoms with E-state index < -0.39 is 40.4 Å². The molecular weight excluding hydrogens is 450 g/mol. The molecule has 0 saturated carbocycles. The molecule has 1 saturated heterocycles. The average Bonchev–Trinajstić information content (AvgIpc) is 3.10. The van der Waals surface area contributed by atoms with E-state index >= 15 is 0 Å². The molecule has 2 atom stereocenters. The van der Waals surface area contributed by atoms with Crippen LogP contribution < -0.4 is 9.64 Å². The number of anilines is 1. The van der Waals surface area contributed by atoms with Gasteiger partial charge in [0.25, 0.3) is 23.4 Å². The summed E-state index contributed by atoms with van der Waals surface area (Å²) in [6.45, 7) is 4.29. The van der Waals surface area contributed by atoms with Gasteiger partial charge in [-0.15, -0.1) is 0 Å². The van der Waals surface area contributed by atoms with Gasteiger partial charge in [-0.3, -0.25) is 29.4 Å². The summed E-state index contributed by atoms with van der Waals surface area (Å²) in [7, 11) is 0. The van der Waals surface area contributed by atoms with Gasteiger partial charge in [0.1, 0.15) is 17.4 Å². The highest BCUT2D eigenvalue weighted by Gasteiger charge is 2.58. The van der Waals surface area contributed by atoms with Gasteiger partial charge in [0.2, 0.25) is 0 Å². The first kappa shape index (κ1) is 22.3. The van der Waals surface area contributed by atoms with Crippen molar-refractivity contribution in [2.24, 2.45) is 0 Å². The van der Waals surface area contributed by atoms with Gasteiger partial charge in [0.15, 0.2) is 0 Å². The van der Waals surface area contributed by atoms with Gasteiger partial charge in [-0.1, -0.05) is 35.9 Å². The standard InChI is InChI=1S/C26H21N3O6/c1-3-35-18-13-9-16(10-14-18)22-23(26(32)27(22)17-11-7-15(2)8-12-17)28-24(30)19-5-4-6-20(29(33)34)21(19)25(28)31/h4-14,22-23H,3H2,1-2H3/t22-,23-/m1/s1. The quantitative estimate of drug-likeness (QED) is 0.232. The first-order valence-electron chi connectivity index (χ1n) is 11.1. The van der Waals surface area contributed by atoms with Crippen molar-refractivity contribution in [3.05, 3.63) is 99.1 Å². The lowest BCUT2D eigenvalue weighted by Crippen LogP contribution is -2.67. The number of ether oxygens (including phenoxy) is 1. The van der Waals surface area contributed by atoms with Gasteiger partial charge in [-0.05, 0) is 49.7 Å². The van der Waals surface area contributed by atoms with Gasteiger partial charge >= 0.3 is 0 Å². The highest BCUT2D eigenvalue weighted by atomic mass is 16.6. The summed E-state index contributed by atoms with van der Waals surface area (Å²) in [6, 6.07) is 16.6. The Morgan fingerprint density at radius 3 is 2.20 bits per heavy atom. The monoisotopic (exact) mass is 471 g/mol. The van der Waals surface area contributed by atoms with E-state index in [4.69, 9.17) is 4.74 Å². The maximum Gasteiger partial charge on any atom is 0.282 e. The van der Waals surface area contributed by atoms with Gasteiger partial charge < -0.3 is 9.64 Å². The minimum Gasteiger partial charge on any atom is -0.494 e. The van der Waals surface area contributed by atoms with Crippen LogP contribution in [0.1, 0.15) is 44.8 Å². The Morgan fingerprint density at radius 2 is 1.57 bits per heavy atom. The van der Waals surface area contributed by atoms with Crippen LogP contribution in [0.25, 0.3) is 0 Å². The maximum absolute atomic E-state index is 13.5. The number of nitrogens with zero attached hydrogens (tertiary/aromatic N) is 3. The van der Waals surface area contributed by atoms with Gasteiger partial charge in [0.05, 0.1) is 23.1 Å². The van der Waals surface area contributed by atoms with Crippen LogP contribution in [0.5, 0.6) is 5.75 Å². The van der Waals surface area contributed by atoms with Crippen molar-refractivity contribution in [1.29, 1.82) is 0 Å². The van der Waals surface area contributed by atoms with Crippen LogP contribution in [0, 0.1) is 17.0 Å².